The monoisotopic (exact) mass is 361 g/mol. The number of rotatable bonds is 9. The predicted octanol–water partition coefficient (Wildman–Crippen LogP) is 4.06. The Morgan fingerprint density at radius 1 is 1.04 bits per heavy atom. The quantitative estimate of drug-likeness (QED) is 0.492. The predicted molar refractivity (Wildman–Crippen MR) is 101 cm³/mol. The van der Waals surface area contributed by atoms with Gasteiger partial charge in [-0.25, -0.2) is 0 Å². The first-order valence-electron chi connectivity index (χ1n) is 9.84. The second-order valence-electron chi connectivity index (χ2n) is 6.75. The van der Waals surface area contributed by atoms with Crippen molar-refractivity contribution >= 4 is 11.9 Å². The van der Waals surface area contributed by atoms with E-state index < -0.39 is 0 Å². The Hall–Kier alpha value is -2.04. The van der Waals surface area contributed by atoms with E-state index in [9.17, 15) is 9.59 Å². The number of unbranched alkanes of at least 4 members (excludes halogenated alkanes) is 3. The molecule has 0 aromatic heterocycles. The molecule has 5 heteroatoms. The molecule has 1 aliphatic rings. The summed E-state index contributed by atoms with van der Waals surface area (Å²) in [5.41, 5.74) is 0.665. The van der Waals surface area contributed by atoms with Crippen molar-refractivity contribution in [2.24, 2.45) is 5.92 Å². The van der Waals surface area contributed by atoms with Crippen molar-refractivity contribution in [1.82, 2.24) is 4.90 Å². The average Bonchev–Trinajstić information content (AvgIpc) is 2.68. The van der Waals surface area contributed by atoms with Crippen molar-refractivity contribution < 1.29 is 19.1 Å². The Bertz CT molecular complexity index is 562. The van der Waals surface area contributed by atoms with Gasteiger partial charge in [-0.2, -0.15) is 0 Å². The highest BCUT2D eigenvalue weighted by molar-refractivity contribution is 5.94. The highest BCUT2D eigenvalue weighted by Gasteiger charge is 2.28. The smallest absolute Gasteiger partial charge is 0.309 e. The molecule has 2 rings (SSSR count). The van der Waals surface area contributed by atoms with Crippen LogP contribution in [-0.2, 0) is 9.53 Å². The number of ether oxygens (including phenoxy) is 2. The van der Waals surface area contributed by atoms with Gasteiger partial charge in [-0.1, -0.05) is 26.2 Å². The first-order valence-corrected chi connectivity index (χ1v) is 9.84. The molecular weight excluding hydrogens is 330 g/mol. The molecule has 1 aromatic carbocycles. The number of hydrogen-bond donors (Lipinski definition) is 0. The summed E-state index contributed by atoms with van der Waals surface area (Å²) in [4.78, 5) is 26.2. The number of likely N-dealkylation sites (tertiary alicyclic amines) is 1. The average molecular weight is 361 g/mol. The van der Waals surface area contributed by atoms with Gasteiger partial charge in [-0.3, -0.25) is 9.59 Å². The molecule has 0 saturated carbocycles. The van der Waals surface area contributed by atoms with Gasteiger partial charge in [-0.05, 0) is 50.5 Å². The molecule has 0 aliphatic carbocycles. The van der Waals surface area contributed by atoms with Gasteiger partial charge < -0.3 is 14.4 Å². The molecule has 0 radical (unpaired) electrons. The molecule has 0 bridgehead atoms. The zero-order valence-corrected chi connectivity index (χ0v) is 16.0. The highest BCUT2D eigenvalue weighted by atomic mass is 16.5. The molecule has 144 valence electrons. The summed E-state index contributed by atoms with van der Waals surface area (Å²) in [6.45, 7) is 6.32. The minimum absolute atomic E-state index is 0.0156. The molecular formula is C21H31NO4. The summed E-state index contributed by atoms with van der Waals surface area (Å²) < 4.78 is 10.8. The molecule has 26 heavy (non-hydrogen) atoms. The van der Waals surface area contributed by atoms with Gasteiger partial charge in [0.25, 0.3) is 5.91 Å². The van der Waals surface area contributed by atoms with Crippen LogP contribution in [0.4, 0.5) is 0 Å². The van der Waals surface area contributed by atoms with E-state index in [4.69, 9.17) is 9.47 Å². The Morgan fingerprint density at radius 3 is 2.35 bits per heavy atom. The van der Waals surface area contributed by atoms with Crippen LogP contribution in [0.5, 0.6) is 5.75 Å². The third-order valence-corrected chi connectivity index (χ3v) is 4.77. The lowest BCUT2D eigenvalue weighted by Crippen LogP contribution is -2.40. The second kappa shape index (κ2) is 10.8. The molecule has 1 fully saturated rings. The van der Waals surface area contributed by atoms with E-state index in [-0.39, 0.29) is 17.8 Å². The van der Waals surface area contributed by atoms with Crippen LogP contribution in [0, 0.1) is 5.92 Å². The maximum absolute atomic E-state index is 12.6. The summed E-state index contributed by atoms with van der Waals surface area (Å²) in [5, 5.41) is 0. The maximum atomic E-state index is 12.6. The molecule has 0 atom stereocenters. The lowest BCUT2D eigenvalue weighted by molar-refractivity contribution is -0.149. The van der Waals surface area contributed by atoms with Crippen LogP contribution in [0.25, 0.3) is 0 Å². The molecule has 5 nitrogen and oxygen atoms in total. The van der Waals surface area contributed by atoms with Crippen LogP contribution in [0.3, 0.4) is 0 Å². The Labute approximate surface area is 156 Å². The normalized spacial score (nSPS) is 14.9. The Kier molecular flexibility index (Phi) is 8.45. The van der Waals surface area contributed by atoms with Crippen LogP contribution in [0.15, 0.2) is 24.3 Å². The van der Waals surface area contributed by atoms with Crippen LogP contribution in [0.1, 0.15) is 62.7 Å². The van der Waals surface area contributed by atoms with Gasteiger partial charge in [0, 0.05) is 18.7 Å². The topological polar surface area (TPSA) is 55.8 Å². The number of nitrogens with zero attached hydrogens (tertiary/aromatic N) is 1. The molecule has 1 heterocycles. The van der Waals surface area contributed by atoms with E-state index >= 15 is 0 Å². The van der Waals surface area contributed by atoms with Gasteiger partial charge in [-0.15, -0.1) is 0 Å². The van der Waals surface area contributed by atoms with E-state index in [0.717, 1.165) is 12.2 Å². The van der Waals surface area contributed by atoms with Crippen molar-refractivity contribution in [1.29, 1.82) is 0 Å². The van der Waals surface area contributed by atoms with Crippen LogP contribution >= 0.6 is 0 Å². The molecule has 1 aliphatic heterocycles. The number of amides is 1. The van der Waals surface area contributed by atoms with Gasteiger partial charge in [0.1, 0.15) is 5.75 Å². The molecule has 1 amide bonds. The number of esters is 1. The second-order valence-corrected chi connectivity index (χ2v) is 6.75. The SMILES string of the molecule is CCCCCCOc1ccc(C(=O)N2CCC(C(=O)OCC)CC2)cc1. The molecule has 0 N–H and O–H groups in total. The molecule has 0 spiro atoms. The van der Waals surface area contributed by atoms with Crippen molar-refractivity contribution in [2.45, 2.75) is 52.4 Å². The lowest BCUT2D eigenvalue weighted by Gasteiger charge is -2.31. The van der Waals surface area contributed by atoms with Gasteiger partial charge >= 0.3 is 5.97 Å². The summed E-state index contributed by atoms with van der Waals surface area (Å²) in [6, 6.07) is 7.36. The maximum Gasteiger partial charge on any atom is 0.309 e. The van der Waals surface area contributed by atoms with E-state index in [1.807, 2.05) is 36.1 Å². The minimum atomic E-state index is -0.139. The zero-order valence-electron chi connectivity index (χ0n) is 16.0. The molecule has 0 unspecified atom stereocenters. The first-order chi connectivity index (χ1) is 12.7. The minimum Gasteiger partial charge on any atom is -0.494 e. The van der Waals surface area contributed by atoms with Crippen LogP contribution in [-0.4, -0.2) is 43.1 Å². The van der Waals surface area contributed by atoms with Crippen molar-refractivity contribution in [3.63, 3.8) is 0 Å². The fraction of sp³-hybridized carbons (Fsp3) is 0.619. The number of hydrogen-bond acceptors (Lipinski definition) is 4. The van der Waals surface area contributed by atoms with Crippen molar-refractivity contribution in [3.8, 4) is 5.75 Å². The van der Waals surface area contributed by atoms with Gasteiger partial charge in [0.15, 0.2) is 0 Å². The first kappa shape index (κ1) is 20.3. The van der Waals surface area contributed by atoms with E-state index in [0.29, 0.717) is 44.7 Å². The summed E-state index contributed by atoms with van der Waals surface area (Å²) in [6.07, 6.45) is 6.04. The van der Waals surface area contributed by atoms with E-state index in [1.54, 1.807) is 0 Å². The largest absolute Gasteiger partial charge is 0.494 e. The summed E-state index contributed by atoms with van der Waals surface area (Å²) >= 11 is 0. The number of piperidine rings is 1. The fourth-order valence-electron chi connectivity index (χ4n) is 3.17. The summed E-state index contributed by atoms with van der Waals surface area (Å²) in [5.74, 6) is 0.600. The highest BCUT2D eigenvalue weighted by Crippen LogP contribution is 2.21. The number of carbonyl (C=O) groups is 2. The van der Waals surface area contributed by atoms with Gasteiger partial charge in [0.05, 0.1) is 19.1 Å². The Morgan fingerprint density at radius 2 is 1.73 bits per heavy atom. The standard InChI is InChI=1S/C21H31NO4/c1-3-5-6-7-16-26-19-10-8-17(9-11-19)20(23)22-14-12-18(13-15-22)21(24)25-4-2/h8-11,18H,3-7,12-16H2,1-2H3. The number of benzene rings is 1. The third kappa shape index (κ3) is 6.04. The molecule has 1 aromatic rings. The van der Waals surface area contributed by atoms with Crippen molar-refractivity contribution in [2.75, 3.05) is 26.3 Å². The van der Waals surface area contributed by atoms with Crippen molar-refractivity contribution in [3.05, 3.63) is 29.8 Å². The van der Waals surface area contributed by atoms with Gasteiger partial charge in [0.2, 0.25) is 0 Å². The van der Waals surface area contributed by atoms with E-state index in [1.165, 1.54) is 19.3 Å². The van der Waals surface area contributed by atoms with Crippen LogP contribution < -0.4 is 4.74 Å². The van der Waals surface area contributed by atoms with Crippen LogP contribution in [0.2, 0.25) is 0 Å². The molecule has 1 saturated heterocycles. The Balaban J connectivity index is 1.78. The third-order valence-electron chi connectivity index (χ3n) is 4.77. The number of carbonyl (C=O) groups excluding carboxylic acids is 2. The van der Waals surface area contributed by atoms with E-state index in [2.05, 4.69) is 6.92 Å². The lowest BCUT2D eigenvalue weighted by atomic mass is 9.96. The zero-order chi connectivity index (χ0) is 18.8. The summed E-state index contributed by atoms with van der Waals surface area (Å²) in [7, 11) is 0. The fourth-order valence-corrected chi connectivity index (χ4v) is 3.17.